The average Bonchev–Trinajstić information content (AvgIpc) is 3.49. The Balaban J connectivity index is 1.79. The minimum Gasteiger partial charge on any atom is -0.431 e. The normalized spacial score (nSPS) is 10.9. The summed E-state index contributed by atoms with van der Waals surface area (Å²) in [4.78, 5) is 45.9. The molecule has 0 fully saturated rings. The van der Waals surface area contributed by atoms with Crippen LogP contribution >= 0.6 is 0 Å². The van der Waals surface area contributed by atoms with Gasteiger partial charge in [-0.2, -0.15) is 10.6 Å². The number of hydrogen-bond acceptors (Lipinski definition) is 7. The van der Waals surface area contributed by atoms with Crippen molar-refractivity contribution in [1.82, 2.24) is 25.6 Å². The molecule has 0 radical (unpaired) electrons. The first-order valence-corrected chi connectivity index (χ1v) is 12.2. The van der Waals surface area contributed by atoms with Crippen LogP contribution < -0.4 is 10.8 Å². The molecule has 3 aromatic rings. The van der Waals surface area contributed by atoms with Crippen molar-refractivity contribution in [2.75, 3.05) is 0 Å². The highest BCUT2D eigenvalue weighted by Gasteiger charge is 2.22. The minimum atomic E-state index is -0.601. The minimum absolute atomic E-state index is 0.0773. The highest BCUT2D eigenvalue weighted by molar-refractivity contribution is 5.95. The van der Waals surface area contributed by atoms with Crippen LogP contribution in [0.1, 0.15) is 79.5 Å². The molecule has 0 bridgehead atoms. The van der Waals surface area contributed by atoms with Gasteiger partial charge in [-0.1, -0.05) is 39.3 Å². The zero-order valence-electron chi connectivity index (χ0n) is 21.4. The van der Waals surface area contributed by atoms with Gasteiger partial charge in [0.25, 0.3) is 5.91 Å². The fourth-order valence-corrected chi connectivity index (χ4v) is 3.83. The lowest BCUT2D eigenvalue weighted by Gasteiger charge is -2.12. The van der Waals surface area contributed by atoms with Crippen molar-refractivity contribution in [3.8, 4) is 22.7 Å². The Hall–Kier alpha value is -3.95. The smallest absolute Gasteiger partial charge is 0.332 e. The standard InChI is InChI=1S/C26H33N5O5/c1-6-9-13-21(32)36-30-25(34)22-16(4)23(31(5)29-22)17-11-10-12-18(14-17)26-27-15-20(35-26)24(33)28-19(7-2)8-3/h10-12,14-15,19H,6-9,13H2,1-5H3,(H,28,33)(H,30,34). The van der Waals surface area contributed by atoms with E-state index in [4.69, 9.17) is 9.25 Å². The Morgan fingerprint density at radius 3 is 2.53 bits per heavy atom. The van der Waals surface area contributed by atoms with E-state index in [0.717, 1.165) is 24.8 Å². The van der Waals surface area contributed by atoms with Gasteiger partial charge in [-0.3, -0.25) is 14.3 Å². The molecule has 10 nitrogen and oxygen atoms in total. The van der Waals surface area contributed by atoms with Crippen LogP contribution in [0.4, 0.5) is 0 Å². The molecule has 2 aromatic heterocycles. The highest BCUT2D eigenvalue weighted by atomic mass is 16.7. The summed E-state index contributed by atoms with van der Waals surface area (Å²) in [6, 6.07) is 7.47. The summed E-state index contributed by atoms with van der Waals surface area (Å²) in [7, 11) is 1.73. The van der Waals surface area contributed by atoms with Crippen LogP contribution in [-0.4, -0.2) is 38.6 Å². The molecular formula is C26H33N5O5. The molecule has 2 heterocycles. The molecule has 0 aliphatic carbocycles. The molecule has 0 aliphatic heterocycles. The Labute approximate surface area is 210 Å². The van der Waals surface area contributed by atoms with Crippen LogP contribution in [0.15, 0.2) is 34.9 Å². The molecule has 36 heavy (non-hydrogen) atoms. The van der Waals surface area contributed by atoms with Gasteiger partial charge in [-0.15, -0.1) is 0 Å². The van der Waals surface area contributed by atoms with E-state index in [1.807, 2.05) is 45.0 Å². The lowest BCUT2D eigenvalue weighted by atomic mass is 10.0. The number of carbonyl (C=O) groups excluding carboxylic acids is 3. The molecule has 1 aromatic carbocycles. The maximum atomic E-state index is 12.6. The number of hydrogen-bond donors (Lipinski definition) is 2. The molecule has 2 N–H and O–H groups in total. The van der Waals surface area contributed by atoms with E-state index < -0.39 is 11.9 Å². The van der Waals surface area contributed by atoms with Crippen LogP contribution in [0.2, 0.25) is 0 Å². The number of oxazole rings is 1. The molecule has 0 spiro atoms. The summed E-state index contributed by atoms with van der Waals surface area (Å²) < 4.78 is 7.33. The van der Waals surface area contributed by atoms with Gasteiger partial charge in [-0.05, 0) is 38.3 Å². The summed E-state index contributed by atoms with van der Waals surface area (Å²) in [5, 5.41) is 7.26. The maximum Gasteiger partial charge on any atom is 0.332 e. The zero-order chi connectivity index (χ0) is 26.2. The second-order valence-corrected chi connectivity index (χ2v) is 8.55. The molecular weight excluding hydrogens is 462 g/mol. The van der Waals surface area contributed by atoms with Crippen molar-refractivity contribution in [2.45, 2.75) is 65.8 Å². The number of rotatable bonds is 10. The van der Waals surface area contributed by atoms with Gasteiger partial charge in [0.05, 0.1) is 11.9 Å². The molecule has 192 valence electrons. The van der Waals surface area contributed by atoms with E-state index in [1.165, 1.54) is 6.20 Å². The number of nitrogens with zero attached hydrogens (tertiary/aromatic N) is 3. The number of carbonyl (C=O) groups is 3. The predicted octanol–water partition coefficient (Wildman–Crippen LogP) is 4.35. The SMILES string of the molecule is CCCCC(=O)ONC(=O)c1nn(C)c(-c2cccc(-c3ncc(C(=O)NC(CC)CC)o3)c2)c1C. The number of aryl methyl sites for hydroxylation is 1. The Morgan fingerprint density at radius 2 is 1.83 bits per heavy atom. The van der Waals surface area contributed by atoms with Crippen LogP contribution in [0, 0.1) is 6.92 Å². The monoisotopic (exact) mass is 495 g/mol. The van der Waals surface area contributed by atoms with Crippen molar-refractivity contribution in [3.05, 3.63) is 47.5 Å². The largest absolute Gasteiger partial charge is 0.431 e. The Bertz CT molecular complexity index is 1230. The predicted molar refractivity (Wildman–Crippen MR) is 134 cm³/mol. The van der Waals surface area contributed by atoms with Gasteiger partial charge < -0.3 is 14.6 Å². The molecule has 0 saturated heterocycles. The fourth-order valence-electron chi connectivity index (χ4n) is 3.83. The lowest BCUT2D eigenvalue weighted by Crippen LogP contribution is -2.33. The van der Waals surface area contributed by atoms with Gasteiger partial charge >= 0.3 is 11.9 Å². The summed E-state index contributed by atoms with van der Waals surface area (Å²) in [5.74, 6) is -0.941. The van der Waals surface area contributed by atoms with E-state index in [1.54, 1.807) is 18.7 Å². The number of amides is 2. The third kappa shape index (κ3) is 6.18. The van der Waals surface area contributed by atoms with Crippen molar-refractivity contribution >= 4 is 17.8 Å². The quantitative estimate of drug-likeness (QED) is 0.400. The number of hydroxylamine groups is 1. The Kier molecular flexibility index (Phi) is 8.99. The molecule has 0 saturated carbocycles. The molecule has 10 heteroatoms. The second kappa shape index (κ2) is 12.1. The zero-order valence-corrected chi connectivity index (χ0v) is 21.4. The lowest BCUT2D eigenvalue weighted by molar-refractivity contribution is -0.149. The van der Waals surface area contributed by atoms with Crippen molar-refractivity contribution in [3.63, 3.8) is 0 Å². The molecule has 0 unspecified atom stereocenters. The number of nitrogens with one attached hydrogen (secondary N) is 2. The van der Waals surface area contributed by atoms with Crippen molar-refractivity contribution in [1.29, 1.82) is 0 Å². The molecule has 3 rings (SSSR count). The third-order valence-corrected chi connectivity index (χ3v) is 5.92. The third-order valence-electron chi connectivity index (χ3n) is 5.92. The van der Waals surface area contributed by atoms with Crippen molar-refractivity contribution < 1.29 is 23.6 Å². The van der Waals surface area contributed by atoms with E-state index >= 15 is 0 Å². The highest BCUT2D eigenvalue weighted by Crippen LogP contribution is 2.29. The van der Waals surface area contributed by atoms with Gasteiger partial charge in [0, 0.05) is 36.2 Å². The first-order valence-electron chi connectivity index (χ1n) is 12.2. The maximum absolute atomic E-state index is 12.6. The first kappa shape index (κ1) is 26.7. The first-order chi connectivity index (χ1) is 17.3. The van der Waals surface area contributed by atoms with Crippen LogP contribution in [0.25, 0.3) is 22.7 Å². The van der Waals surface area contributed by atoms with Gasteiger partial charge in [-0.25, -0.2) is 9.78 Å². The van der Waals surface area contributed by atoms with E-state index in [2.05, 4.69) is 20.9 Å². The second-order valence-electron chi connectivity index (χ2n) is 8.55. The van der Waals surface area contributed by atoms with Gasteiger partial charge in [0.1, 0.15) is 0 Å². The van der Waals surface area contributed by atoms with E-state index in [0.29, 0.717) is 29.1 Å². The summed E-state index contributed by atoms with van der Waals surface area (Å²) in [5.41, 5.74) is 5.11. The van der Waals surface area contributed by atoms with Gasteiger partial charge in [0.2, 0.25) is 11.7 Å². The number of benzene rings is 1. The van der Waals surface area contributed by atoms with Crippen LogP contribution in [0.5, 0.6) is 0 Å². The summed E-state index contributed by atoms with van der Waals surface area (Å²) >= 11 is 0. The Morgan fingerprint density at radius 1 is 1.11 bits per heavy atom. The van der Waals surface area contributed by atoms with E-state index in [-0.39, 0.29) is 29.8 Å². The van der Waals surface area contributed by atoms with Gasteiger partial charge in [0.15, 0.2) is 5.69 Å². The van der Waals surface area contributed by atoms with Crippen molar-refractivity contribution in [2.24, 2.45) is 7.05 Å². The van der Waals surface area contributed by atoms with Crippen LogP contribution in [-0.2, 0) is 16.7 Å². The number of unbranched alkanes of at least 4 members (excludes halogenated alkanes) is 1. The summed E-state index contributed by atoms with van der Waals surface area (Å²) in [6.07, 6.45) is 4.85. The topological polar surface area (TPSA) is 128 Å². The number of aromatic nitrogens is 3. The van der Waals surface area contributed by atoms with Crippen LogP contribution in [0.3, 0.4) is 0 Å². The molecule has 0 aliphatic rings. The van der Waals surface area contributed by atoms with E-state index in [9.17, 15) is 14.4 Å². The fraction of sp³-hybridized carbons (Fsp3) is 0.423. The average molecular weight is 496 g/mol. The molecule has 2 amide bonds. The molecule has 0 atom stereocenters. The summed E-state index contributed by atoms with van der Waals surface area (Å²) in [6.45, 7) is 7.77.